The zero-order valence-corrected chi connectivity index (χ0v) is 20.4. The maximum Gasteiger partial charge on any atom is 0.243 e. The minimum atomic E-state index is -3.71. The normalized spacial score (nSPS) is 16.4. The van der Waals surface area contributed by atoms with Crippen molar-refractivity contribution >= 4 is 31.8 Å². The van der Waals surface area contributed by atoms with Crippen LogP contribution in [-0.4, -0.2) is 41.1 Å². The molecule has 1 fully saturated rings. The number of para-hydroxylation sites is 2. The maximum atomic E-state index is 13.7. The first-order valence-corrected chi connectivity index (χ1v) is 13.6. The van der Waals surface area contributed by atoms with Crippen LogP contribution in [0, 0.1) is 6.92 Å². The van der Waals surface area contributed by atoms with E-state index < -0.39 is 16.1 Å². The number of aryl methyl sites for hydroxylation is 1. The number of aliphatic hydroxyl groups excluding tert-OH is 1. The number of aromatic nitrogens is 1. The van der Waals surface area contributed by atoms with E-state index >= 15 is 0 Å². The Hall–Kier alpha value is -2.67. The summed E-state index contributed by atoms with van der Waals surface area (Å²) < 4.78 is 31.1. The topological polar surface area (TPSA) is 62.5 Å². The summed E-state index contributed by atoms with van der Waals surface area (Å²) in [6, 6.07) is 23.3. The third-order valence-corrected chi connectivity index (χ3v) is 9.01. The largest absolute Gasteiger partial charge is 0.390 e. The van der Waals surface area contributed by atoms with Crippen LogP contribution in [0.3, 0.4) is 0 Å². The van der Waals surface area contributed by atoms with Gasteiger partial charge in [0.15, 0.2) is 0 Å². The smallest absolute Gasteiger partial charge is 0.243 e. The van der Waals surface area contributed by atoms with E-state index in [1.165, 1.54) is 0 Å². The molecule has 1 unspecified atom stereocenters. The van der Waals surface area contributed by atoms with Crippen LogP contribution in [0.15, 0.2) is 77.7 Å². The second kappa shape index (κ2) is 9.53. The fourth-order valence-corrected chi connectivity index (χ4v) is 7.06. The number of hydrogen-bond acceptors (Lipinski definition) is 3. The number of nitrogens with zero attached hydrogens (tertiary/aromatic N) is 2. The SMILES string of the molecule is Cc1ccc(S(=O)(=O)N(CC(O)Cn2c3ccccc3c3ccccc32)C2CCCCC2)cc1. The summed E-state index contributed by atoms with van der Waals surface area (Å²) in [5.41, 5.74) is 3.12. The van der Waals surface area contributed by atoms with E-state index in [1.807, 2.05) is 43.3 Å². The summed E-state index contributed by atoms with van der Waals surface area (Å²) in [5, 5.41) is 13.5. The molecule has 1 N–H and O–H groups in total. The van der Waals surface area contributed by atoms with E-state index in [0.29, 0.717) is 11.4 Å². The summed E-state index contributed by atoms with van der Waals surface area (Å²) in [7, 11) is -3.71. The van der Waals surface area contributed by atoms with Gasteiger partial charge in [-0.3, -0.25) is 0 Å². The predicted molar refractivity (Wildman–Crippen MR) is 137 cm³/mol. The average molecular weight is 477 g/mol. The lowest BCUT2D eigenvalue weighted by molar-refractivity contribution is 0.109. The summed E-state index contributed by atoms with van der Waals surface area (Å²) in [4.78, 5) is 0.299. The average Bonchev–Trinajstić information content (AvgIpc) is 3.17. The van der Waals surface area contributed by atoms with Crippen LogP contribution in [0.25, 0.3) is 21.8 Å². The van der Waals surface area contributed by atoms with Crippen molar-refractivity contribution in [3.8, 4) is 0 Å². The first-order chi connectivity index (χ1) is 16.4. The van der Waals surface area contributed by atoms with Crippen molar-refractivity contribution in [1.29, 1.82) is 0 Å². The Morgan fingerprint density at radius 2 is 1.44 bits per heavy atom. The molecule has 1 aliphatic rings. The first-order valence-electron chi connectivity index (χ1n) is 12.2. The van der Waals surface area contributed by atoms with E-state index in [-0.39, 0.29) is 12.6 Å². The van der Waals surface area contributed by atoms with Crippen LogP contribution < -0.4 is 0 Å². The number of benzene rings is 3. The van der Waals surface area contributed by atoms with E-state index in [9.17, 15) is 13.5 Å². The zero-order valence-electron chi connectivity index (χ0n) is 19.6. The van der Waals surface area contributed by atoms with Gasteiger partial charge >= 0.3 is 0 Å². The number of rotatable bonds is 7. The molecule has 6 heteroatoms. The Balaban J connectivity index is 1.47. The molecule has 5 rings (SSSR count). The van der Waals surface area contributed by atoms with E-state index in [0.717, 1.165) is 59.5 Å². The van der Waals surface area contributed by atoms with Crippen LogP contribution in [0.4, 0.5) is 0 Å². The van der Waals surface area contributed by atoms with Gasteiger partial charge in [0.2, 0.25) is 10.0 Å². The highest BCUT2D eigenvalue weighted by atomic mass is 32.2. The highest BCUT2D eigenvalue weighted by molar-refractivity contribution is 7.89. The summed E-state index contributed by atoms with van der Waals surface area (Å²) >= 11 is 0. The summed E-state index contributed by atoms with van der Waals surface area (Å²) in [5.74, 6) is 0. The molecule has 4 aromatic rings. The van der Waals surface area contributed by atoms with Gasteiger partial charge in [0, 0.05) is 34.4 Å². The second-order valence-electron chi connectivity index (χ2n) is 9.48. The van der Waals surface area contributed by atoms with E-state index in [1.54, 1.807) is 16.4 Å². The third kappa shape index (κ3) is 4.38. The highest BCUT2D eigenvalue weighted by Crippen LogP contribution is 2.31. The van der Waals surface area contributed by atoms with E-state index in [4.69, 9.17) is 0 Å². The Labute approximate surface area is 201 Å². The van der Waals surface area contributed by atoms with E-state index in [2.05, 4.69) is 28.8 Å². The number of hydrogen-bond donors (Lipinski definition) is 1. The molecule has 1 atom stereocenters. The molecule has 0 amide bonds. The molecule has 1 aromatic heterocycles. The first kappa shape index (κ1) is 23.1. The molecule has 3 aromatic carbocycles. The van der Waals surface area contributed by atoms with Crippen molar-refractivity contribution in [2.24, 2.45) is 0 Å². The molecular formula is C28H32N2O3S. The fraction of sp³-hybridized carbons (Fsp3) is 0.357. The third-order valence-electron chi connectivity index (χ3n) is 7.07. The van der Waals surface area contributed by atoms with Crippen LogP contribution in [0.1, 0.15) is 37.7 Å². The van der Waals surface area contributed by atoms with Crippen molar-refractivity contribution in [3.05, 3.63) is 78.4 Å². The standard InChI is InChI=1S/C28H32N2O3S/c1-21-15-17-24(18-16-21)34(32,33)30(22-9-3-2-4-10-22)20-23(31)19-29-27-13-7-5-11-25(27)26-12-6-8-14-28(26)29/h5-8,11-18,22-23,31H,2-4,9-10,19-20H2,1H3. The molecule has 1 aliphatic carbocycles. The summed E-state index contributed by atoms with van der Waals surface area (Å²) in [6.07, 6.45) is 4.03. The molecule has 0 aliphatic heterocycles. The molecule has 1 heterocycles. The van der Waals surface area contributed by atoms with Crippen molar-refractivity contribution in [3.63, 3.8) is 0 Å². The van der Waals surface area contributed by atoms with Gasteiger partial charge in [-0.1, -0.05) is 73.4 Å². The lowest BCUT2D eigenvalue weighted by Crippen LogP contribution is -2.46. The Morgan fingerprint density at radius 1 is 0.882 bits per heavy atom. The number of aliphatic hydroxyl groups is 1. The monoisotopic (exact) mass is 476 g/mol. The van der Waals surface area contributed by atoms with Crippen LogP contribution >= 0.6 is 0 Å². The Kier molecular flexibility index (Phi) is 6.47. The van der Waals surface area contributed by atoms with Crippen molar-refractivity contribution < 1.29 is 13.5 Å². The predicted octanol–water partition coefficient (Wildman–Crippen LogP) is 5.49. The van der Waals surface area contributed by atoms with Crippen molar-refractivity contribution in [2.75, 3.05) is 6.54 Å². The minimum Gasteiger partial charge on any atom is -0.390 e. The van der Waals surface area contributed by atoms with Crippen LogP contribution in [0.5, 0.6) is 0 Å². The van der Waals surface area contributed by atoms with Gasteiger partial charge in [-0.05, 0) is 44.0 Å². The van der Waals surface area contributed by atoms with Crippen LogP contribution in [-0.2, 0) is 16.6 Å². The summed E-state index contributed by atoms with van der Waals surface area (Å²) in [6.45, 7) is 2.37. The maximum absolute atomic E-state index is 13.7. The van der Waals surface area contributed by atoms with Gasteiger partial charge in [0.25, 0.3) is 0 Å². The molecule has 1 saturated carbocycles. The quantitative estimate of drug-likeness (QED) is 0.384. The molecule has 5 nitrogen and oxygen atoms in total. The fourth-order valence-electron chi connectivity index (χ4n) is 5.33. The number of sulfonamides is 1. The minimum absolute atomic E-state index is 0.0761. The highest BCUT2D eigenvalue weighted by Gasteiger charge is 2.34. The van der Waals surface area contributed by atoms with Crippen molar-refractivity contribution in [1.82, 2.24) is 8.87 Å². The molecule has 0 bridgehead atoms. The van der Waals surface area contributed by atoms with Gasteiger partial charge in [0.05, 0.1) is 17.5 Å². The molecule has 34 heavy (non-hydrogen) atoms. The lowest BCUT2D eigenvalue weighted by atomic mass is 9.95. The molecule has 178 valence electrons. The van der Waals surface area contributed by atoms with Gasteiger partial charge in [-0.2, -0.15) is 4.31 Å². The Bertz CT molecular complexity index is 1330. The Morgan fingerprint density at radius 3 is 2.03 bits per heavy atom. The molecule has 0 spiro atoms. The second-order valence-corrected chi connectivity index (χ2v) is 11.4. The molecule has 0 radical (unpaired) electrons. The van der Waals surface area contributed by atoms with Crippen molar-refractivity contribution in [2.45, 2.75) is 62.6 Å². The van der Waals surface area contributed by atoms with Gasteiger partial charge in [-0.25, -0.2) is 8.42 Å². The molecule has 0 saturated heterocycles. The number of fused-ring (bicyclic) bond motifs is 3. The lowest BCUT2D eigenvalue weighted by Gasteiger charge is -2.34. The zero-order chi connectivity index (χ0) is 23.7. The van der Waals surface area contributed by atoms with Gasteiger partial charge < -0.3 is 9.67 Å². The van der Waals surface area contributed by atoms with Gasteiger partial charge in [0.1, 0.15) is 0 Å². The molecular weight excluding hydrogens is 444 g/mol. The van der Waals surface area contributed by atoms with Crippen LogP contribution in [0.2, 0.25) is 0 Å². The van der Waals surface area contributed by atoms with Gasteiger partial charge in [-0.15, -0.1) is 0 Å².